The van der Waals surface area contributed by atoms with Crippen molar-refractivity contribution >= 4 is 11.6 Å². The molecular weight excluding hydrogens is 338 g/mol. The van der Waals surface area contributed by atoms with Gasteiger partial charge in [0.05, 0.1) is 23.7 Å². The number of aryl methyl sites for hydroxylation is 2. The van der Waals surface area contributed by atoms with Crippen molar-refractivity contribution in [2.45, 2.75) is 26.7 Å². The Kier molecular flexibility index (Phi) is 4.67. The van der Waals surface area contributed by atoms with Gasteiger partial charge in [-0.1, -0.05) is 12.1 Å². The third-order valence-electron chi connectivity index (χ3n) is 4.69. The summed E-state index contributed by atoms with van der Waals surface area (Å²) in [4.78, 5) is 12.6. The minimum absolute atomic E-state index is 0.155. The van der Waals surface area contributed by atoms with E-state index < -0.39 is 0 Å². The Morgan fingerprint density at radius 1 is 1.15 bits per heavy atom. The van der Waals surface area contributed by atoms with Gasteiger partial charge in [-0.2, -0.15) is 5.10 Å². The molecule has 5 nitrogen and oxygen atoms in total. The predicted octanol–water partition coefficient (Wildman–Crippen LogP) is 4.53. The largest absolute Gasteiger partial charge is 0.491 e. The van der Waals surface area contributed by atoms with E-state index in [-0.39, 0.29) is 5.91 Å². The first-order valence-corrected chi connectivity index (χ1v) is 9.27. The molecule has 4 rings (SSSR count). The van der Waals surface area contributed by atoms with Gasteiger partial charge in [0, 0.05) is 11.3 Å². The molecule has 1 amide bonds. The first kappa shape index (κ1) is 17.3. The SMILES string of the molecule is Cc1cc(C)n(-c2ccc(C(=O)Nc3ccccc3OCC3CC3)cc2)n1. The number of benzene rings is 2. The third kappa shape index (κ3) is 4.03. The number of ether oxygens (including phenoxy) is 1. The topological polar surface area (TPSA) is 56.2 Å². The van der Waals surface area contributed by atoms with Gasteiger partial charge in [0.25, 0.3) is 5.91 Å². The smallest absolute Gasteiger partial charge is 0.255 e. The van der Waals surface area contributed by atoms with Crippen molar-refractivity contribution in [3.05, 3.63) is 71.5 Å². The summed E-state index contributed by atoms with van der Waals surface area (Å²) in [5.74, 6) is 1.23. The molecule has 0 aliphatic heterocycles. The molecule has 27 heavy (non-hydrogen) atoms. The van der Waals surface area contributed by atoms with E-state index in [4.69, 9.17) is 4.74 Å². The molecule has 1 N–H and O–H groups in total. The molecule has 3 aromatic rings. The number of carbonyl (C=O) groups excluding carboxylic acids is 1. The Hall–Kier alpha value is -3.08. The van der Waals surface area contributed by atoms with Crippen LogP contribution in [0.15, 0.2) is 54.6 Å². The first-order valence-electron chi connectivity index (χ1n) is 9.27. The van der Waals surface area contributed by atoms with Crippen LogP contribution in [-0.2, 0) is 0 Å². The Bertz CT molecular complexity index is 956. The maximum atomic E-state index is 12.6. The quantitative estimate of drug-likeness (QED) is 0.702. The standard InChI is InChI=1S/C22H23N3O2/c1-15-13-16(2)25(24-15)19-11-9-18(10-12-19)22(26)23-20-5-3-4-6-21(20)27-14-17-7-8-17/h3-6,9-13,17H,7-8,14H2,1-2H3,(H,23,26). The second-order valence-electron chi connectivity index (χ2n) is 7.09. The fourth-order valence-electron chi connectivity index (χ4n) is 3.03. The summed E-state index contributed by atoms with van der Waals surface area (Å²) in [5, 5.41) is 7.43. The summed E-state index contributed by atoms with van der Waals surface area (Å²) in [6.45, 7) is 4.69. The van der Waals surface area contributed by atoms with E-state index in [1.807, 2.05) is 73.1 Å². The molecule has 0 saturated heterocycles. The Labute approximate surface area is 159 Å². The number of carbonyl (C=O) groups is 1. The summed E-state index contributed by atoms with van der Waals surface area (Å²) in [6, 6.07) is 17.0. The summed E-state index contributed by atoms with van der Waals surface area (Å²) in [5.41, 5.74) is 4.26. The van der Waals surface area contributed by atoms with Gasteiger partial charge < -0.3 is 10.1 Å². The highest BCUT2D eigenvalue weighted by Crippen LogP contribution is 2.31. The number of anilines is 1. The lowest BCUT2D eigenvalue weighted by atomic mass is 10.2. The van der Waals surface area contributed by atoms with Crippen molar-refractivity contribution in [1.82, 2.24) is 9.78 Å². The van der Waals surface area contributed by atoms with E-state index in [1.165, 1.54) is 12.8 Å². The van der Waals surface area contributed by atoms with Gasteiger partial charge in [0.15, 0.2) is 0 Å². The predicted molar refractivity (Wildman–Crippen MR) is 106 cm³/mol. The Morgan fingerprint density at radius 2 is 1.89 bits per heavy atom. The van der Waals surface area contributed by atoms with Crippen molar-refractivity contribution in [3.8, 4) is 11.4 Å². The average molecular weight is 361 g/mol. The molecule has 0 bridgehead atoms. The lowest BCUT2D eigenvalue weighted by Gasteiger charge is -2.12. The van der Waals surface area contributed by atoms with Gasteiger partial charge in [-0.3, -0.25) is 4.79 Å². The number of aromatic nitrogens is 2. The Balaban J connectivity index is 1.48. The van der Waals surface area contributed by atoms with E-state index in [0.29, 0.717) is 23.8 Å². The molecule has 5 heteroatoms. The monoisotopic (exact) mass is 361 g/mol. The number of hydrogen-bond acceptors (Lipinski definition) is 3. The highest BCUT2D eigenvalue weighted by molar-refractivity contribution is 6.05. The maximum Gasteiger partial charge on any atom is 0.255 e. The molecule has 1 aromatic heterocycles. The van der Waals surface area contributed by atoms with Crippen molar-refractivity contribution in [1.29, 1.82) is 0 Å². The minimum atomic E-state index is -0.155. The fourth-order valence-corrected chi connectivity index (χ4v) is 3.03. The summed E-state index contributed by atoms with van der Waals surface area (Å²) < 4.78 is 7.74. The Morgan fingerprint density at radius 3 is 2.56 bits per heavy atom. The van der Waals surface area contributed by atoms with Gasteiger partial charge in [-0.15, -0.1) is 0 Å². The third-order valence-corrected chi connectivity index (χ3v) is 4.69. The molecule has 1 fully saturated rings. The first-order chi connectivity index (χ1) is 13.1. The van der Waals surface area contributed by atoms with Crippen LogP contribution in [-0.4, -0.2) is 22.3 Å². The van der Waals surface area contributed by atoms with E-state index in [2.05, 4.69) is 10.4 Å². The molecule has 1 aliphatic rings. The number of rotatable bonds is 6. The number of hydrogen-bond donors (Lipinski definition) is 1. The van der Waals surface area contributed by atoms with Crippen molar-refractivity contribution in [2.75, 3.05) is 11.9 Å². The second kappa shape index (κ2) is 7.27. The summed E-state index contributed by atoms with van der Waals surface area (Å²) in [6.07, 6.45) is 2.46. The lowest BCUT2D eigenvalue weighted by Crippen LogP contribution is -2.13. The van der Waals surface area contributed by atoms with E-state index >= 15 is 0 Å². The van der Waals surface area contributed by atoms with Crippen LogP contribution in [0.2, 0.25) is 0 Å². The molecule has 1 aliphatic carbocycles. The molecule has 138 valence electrons. The number of nitrogens with zero attached hydrogens (tertiary/aromatic N) is 2. The van der Waals surface area contributed by atoms with Crippen LogP contribution in [0, 0.1) is 19.8 Å². The zero-order valence-corrected chi connectivity index (χ0v) is 15.6. The maximum absolute atomic E-state index is 12.6. The zero-order chi connectivity index (χ0) is 18.8. The van der Waals surface area contributed by atoms with Crippen LogP contribution in [0.5, 0.6) is 5.75 Å². The van der Waals surface area contributed by atoms with Crippen molar-refractivity contribution in [3.63, 3.8) is 0 Å². The minimum Gasteiger partial charge on any atom is -0.491 e. The molecule has 0 atom stereocenters. The zero-order valence-electron chi connectivity index (χ0n) is 15.6. The van der Waals surface area contributed by atoms with Crippen LogP contribution in [0.4, 0.5) is 5.69 Å². The number of nitrogens with one attached hydrogen (secondary N) is 1. The molecule has 1 heterocycles. The van der Waals surface area contributed by atoms with E-state index in [1.54, 1.807) is 0 Å². The van der Waals surface area contributed by atoms with Crippen molar-refractivity contribution in [2.24, 2.45) is 5.92 Å². The van der Waals surface area contributed by atoms with Crippen LogP contribution in [0.3, 0.4) is 0 Å². The number of para-hydroxylation sites is 2. The van der Waals surface area contributed by atoms with Gasteiger partial charge in [-0.05, 0) is 75.1 Å². The molecule has 0 unspecified atom stereocenters. The van der Waals surface area contributed by atoms with Crippen LogP contribution in [0.1, 0.15) is 34.6 Å². The highest BCUT2D eigenvalue weighted by atomic mass is 16.5. The van der Waals surface area contributed by atoms with Gasteiger partial charge in [-0.25, -0.2) is 4.68 Å². The van der Waals surface area contributed by atoms with Crippen molar-refractivity contribution < 1.29 is 9.53 Å². The normalized spacial score (nSPS) is 13.4. The van der Waals surface area contributed by atoms with Gasteiger partial charge in [0.2, 0.25) is 0 Å². The summed E-state index contributed by atoms with van der Waals surface area (Å²) in [7, 11) is 0. The molecular formula is C22H23N3O2. The molecule has 2 aromatic carbocycles. The van der Waals surface area contributed by atoms with Crippen LogP contribution < -0.4 is 10.1 Å². The van der Waals surface area contributed by atoms with E-state index in [0.717, 1.165) is 22.8 Å². The van der Waals surface area contributed by atoms with Gasteiger partial charge in [0.1, 0.15) is 5.75 Å². The highest BCUT2D eigenvalue weighted by Gasteiger charge is 2.22. The van der Waals surface area contributed by atoms with Crippen LogP contribution in [0.25, 0.3) is 5.69 Å². The molecule has 1 saturated carbocycles. The summed E-state index contributed by atoms with van der Waals surface area (Å²) >= 11 is 0. The van der Waals surface area contributed by atoms with Gasteiger partial charge >= 0.3 is 0 Å². The fraction of sp³-hybridized carbons (Fsp3) is 0.273. The molecule has 0 radical (unpaired) electrons. The average Bonchev–Trinajstić information content (AvgIpc) is 3.44. The van der Waals surface area contributed by atoms with Crippen LogP contribution >= 0.6 is 0 Å². The molecule has 0 spiro atoms. The van der Waals surface area contributed by atoms with E-state index in [9.17, 15) is 4.79 Å². The lowest BCUT2D eigenvalue weighted by molar-refractivity contribution is 0.102. The second-order valence-corrected chi connectivity index (χ2v) is 7.09. The number of amides is 1.